The number of amides is 1. The molecular formula is C15H5ClF9N3OS2. The molecule has 0 atom stereocenters. The standard InChI is InChI=1S/C15H5ClF9N3OS2/c16-10-9(15(23,24)25)27-12(31-10)28(5-30-4-26)11(29)6-1-7(13(17,18)19)3-8(2-6)14(20,21)22/h1-3H,5H2. The molecule has 0 spiro atoms. The third-order valence-electron chi connectivity index (χ3n) is 3.41. The zero-order chi connectivity index (χ0) is 23.8. The molecule has 0 fully saturated rings. The van der Waals surface area contributed by atoms with Crippen molar-refractivity contribution in [3.05, 3.63) is 44.9 Å². The predicted molar refractivity (Wildman–Crippen MR) is 93.5 cm³/mol. The maximum absolute atomic E-state index is 13.0. The summed E-state index contributed by atoms with van der Waals surface area (Å²) in [6.07, 6.45) is -15.5. The number of hydrogen-bond acceptors (Lipinski definition) is 5. The van der Waals surface area contributed by atoms with Crippen LogP contribution in [-0.4, -0.2) is 16.8 Å². The van der Waals surface area contributed by atoms with E-state index in [4.69, 9.17) is 16.9 Å². The summed E-state index contributed by atoms with van der Waals surface area (Å²) >= 11 is 5.86. The molecule has 0 unspecified atom stereocenters. The lowest BCUT2D eigenvalue weighted by Crippen LogP contribution is -2.31. The van der Waals surface area contributed by atoms with Crippen LogP contribution >= 0.6 is 34.7 Å². The maximum atomic E-state index is 13.0. The van der Waals surface area contributed by atoms with Crippen LogP contribution in [0.25, 0.3) is 0 Å². The minimum Gasteiger partial charge on any atom is -0.273 e. The molecule has 0 aliphatic carbocycles. The molecule has 4 nitrogen and oxygen atoms in total. The minimum atomic E-state index is -5.25. The lowest BCUT2D eigenvalue weighted by atomic mass is 10.0. The summed E-state index contributed by atoms with van der Waals surface area (Å²) in [6, 6.07) is 0.0101. The van der Waals surface area contributed by atoms with Crippen molar-refractivity contribution in [2.24, 2.45) is 0 Å². The lowest BCUT2D eigenvalue weighted by molar-refractivity contribution is -0.143. The summed E-state index contributed by atoms with van der Waals surface area (Å²) in [5.74, 6) is -2.29. The molecule has 0 saturated carbocycles. The van der Waals surface area contributed by atoms with Crippen LogP contribution in [0.5, 0.6) is 0 Å². The Hall–Kier alpha value is -2.18. The Balaban J connectivity index is 2.62. The number of thioether (sulfide) groups is 1. The molecule has 2 aromatic rings. The van der Waals surface area contributed by atoms with Gasteiger partial charge in [0, 0.05) is 5.56 Å². The molecule has 0 N–H and O–H groups in total. The van der Waals surface area contributed by atoms with Gasteiger partial charge in [0.05, 0.1) is 17.0 Å². The van der Waals surface area contributed by atoms with Gasteiger partial charge in [0.15, 0.2) is 10.8 Å². The fourth-order valence-corrected chi connectivity index (χ4v) is 3.79. The monoisotopic (exact) mass is 513 g/mol. The van der Waals surface area contributed by atoms with Crippen LogP contribution in [-0.2, 0) is 18.5 Å². The molecule has 1 aromatic carbocycles. The van der Waals surface area contributed by atoms with Gasteiger partial charge in [-0.3, -0.25) is 9.69 Å². The van der Waals surface area contributed by atoms with Gasteiger partial charge in [0.25, 0.3) is 5.91 Å². The summed E-state index contributed by atoms with van der Waals surface area (Å²) in [5, 5.41) is 9.37. The first-order chi connectivity index (χ1) is 14.1. The summed E-state index contributed by atoms with van der Waals surface area (Å²) < 4.78 is 116. The maximum Gasteiger partial charge on any atom is 0.435 e. The molecule has 0 aliphatic heterocycles. The van der Waals surface area contributed by atoms with Gasteiger partial charge in [-0.1, -0.05) is 22.9 Å². The number of rotatable bonds is 4. The topological polar surface area (TPSA) is 57.0 Å². The van der Waals surface area contributed by atoms with Crippen LogP contribution in [0.2, 0.25) is 4.34 Å². The Morgan fingerprint density at radius 2 is 1.55 bits per heavy atom. The molecular weight excluding hydrogens is 509 g/mol. The van der Waals surface area contributed by atoms with Crippen molar-refractivity contribution >= 4 is 45.7 Å². The van der Waals surface area contributed by atoms with Gasteiger partial charge in [0.2, 0.25) is 0 Å². The van der Waals surface area contributed by atoms with Crippen LogP contribution < -0.4 is 4.90 Å². The molecule has 2 rings (SSSR count). The third-order valence-corrected chi connectivity index (χ3v) is 5.21. The number of halogens is 10. The van der Waals surface area contributed by atoms with Gasteiger partial charge in [-0.15, -0.1) is 0 Å². The Morgan fingerprint density at radius 3 is 1.94 bits per heavy atom. The van der Waals surface area contributed by atoms with Crippen molar-refractivity contribution in [3.8, 4) is 5.40 Å². The largest absolute Gasteiger partial charge is 0.435 e. The van der Waals surface area contributed by atoms with Crippen molar-refractivity contribution in [2.45, 2.75) is 18.5 Å². The van der Waals surface area contributed by atoms with Crippen molar-refractivity contribution < 1.29 is 44.3 Å². The Kier molecular flexibility index (Phi) is 7.08. The molecule has 1 aromatic heterocycles. The molecule has 0 saturated heterocycles. The molecule has 1 heterocycles. The summed E-state index contributed by atoms with van der Waals surface area (Å²) in [6.45, 7) is 0. The SMILES string of the molecule is N#CSCN(C(=O)c1cc(C(F)(F)F)cc(C(F)(F)F)c1)c1nc(C(F)(F)F)c(Cl)s1. The number of hydrogen-bond donors (Lipinski definition) is 0. The molecule has 168 valence electrons. The number of anilines is 1. The molecule has 0 bridgehead atoms. The number of carbonyl (C=O) groups is 1. The first-order valence-corrected chi connectivity index (χ1v) is 9.59. The van der Waals surface area contributed by atoms with Crippen LogP contribution in [0.15, 0.2) is 18.2 Å². The fourth-order valence-electron chi connectivity index (χ4n) is 2.11. The second kappa shape index (κ2) is 8.75. The summed E-state index contributed by atoms with van der Waals surface area (Å²) in [7, 11) is 0. The van der Waals surface area contributed by atoms with Gasteiger partial charge in [-0.25, -0.2) is 4.98 Å². The van der Waals surface area contributed by atoms with Crippen molar-refractivity contribution in [2.75, 3.05) is 10.8 Å². The van der Waals surface area contributed by atoms with E-state index < -0.39 is 62.2 Å². The molecule has 1 amide bonds. The Labute approximate surface area is 180 Å². The highest BCUT2D eigenvalue weighted by Crippen LogP contribution is 2.41. The van der Waals surface area contributed by atoms with Crippen molar-refractivity contribution in [3.63, 3.8) is 0 Å². The lowest BCUT2D eigenvalue weighted by Gasteiger charge is -2.20. The van der Waals surface area contributed by atoms with E-state index in [9.17, 15) is 44.3 Å². The van der Waals surface area contributed by atoms with Gasteiger partial charge in [-0.2, -0.15) is 44.8 Å². The van der Waals surface area contributed by atoms with E-state index in [0.29, 0.717) is 4.90 Å². The first-order valence-electron chi connectivity index (χ1n) is 7.41. The van der Waals surface area contributed by atoms with E-state index in [1.807, 2.05) is 0 Å². The van der Waals surface area contributed by atoms with E-state index in [1.165, 1.54) is 5.40 Å². The quantitative estimate of drug-likeness (QED) is 0.260. The number of benzene rings is 1. The van der Waals surface area contributed by atoms with Gasteiger partial charge in [0.1, 0.15) is 9.74 Å². The number of thiazole rings is 1. The highest BCUT2D eigenvalue weighted by Gasteiger charge is 2.40. The number of thiocyanates is 1. The Bertz CT molecular complexity index is 992. The van der Waals surface area contributed by atoms with E-state index in [2.05, 4.69) is 4.98 Å². The molecule has 0 radical (unpaired) electrons. The number of nitriles is 1. The normalized spacial score (nSPS) is 12.5. The average Bonchev–Trinajstić information content (AvgIpc) is 3.02. The van der Waals surface area contributed by atoms with Gasteiger partial charge in [-0.05, 0) is 30.0 Å². The Morgan fingerprint density at radius 1 is 1.03 bits per heavy atom. The number of nitrogens with zero attached hydrogens (tertiary/aromatic N) is 3. The number of carbonyl (C=O) groups excluding carboxylic acids is 1. The smallest absolute Gasteiger partial charge is 0.273 e. The van der Waals surface area contributed by atoms with Gasteiger partial charge < -0.3 is 0 Å². The first kappa shape index (κ1) is 25.1. The second-order valence-electron chi connectivity index (χ2n) is 5.51. The molecule has 0 aliphatic rings. The van der Waals surface area contributed by atoms with E-state index >= 15 is 0 Å². The zero-order valence-corrected chi connectivity index (χ0v) is 16.7. The highest BCUT2D eigenvalue weighted by molar-refractivity contribution is 8.03. The zero-order valence-electron chi connectivity index (χ0n) is 14.3. The summed E-state index contributed by atoms with van der Waals surface area (Å²) in [5.41, 5.74) is -6.33. The van der Waals surface area contributed by atoms with Crippen LogP contribution in [0.1, 0.15) is 27.2 Å². The van der Waals surface area contributed by atoms with Crippen LogP contribution in [0, 0.1) is 10.7 Å². The number of aromatic nitrogens is 1. The average molecular weight is 514 g/mol. The van der Waals surface area contributed by atoms with Crippen LogP contribution in [0.4, 0.5) is 44.6 Å². The van der Waals surface area contributed by atoms with E-state index in [0.717, 1.165) is 0 Å². The second-order valence-corrected chi connectivity index (χ2v) is 7.82. The predicted octanol–water partition coefficient (Wildman–Crippen LogP) is 6.67. The third kappa shape index (κ3) is 5.95. The number of alkyl halides is 9. The van der Waals surface area contributed by atoms with Crippen molar-refractivity contribution in [1.82, 2.24) is 4.98 Å². The van der Waals surface area contributed by atoms with Gasteiger partial charge >= 0.3 is 18.5 Å². The summed E-state index contributed by atoms with van der Waals surface area (Å²) in [4.78, 5) is 16.1. The molecule has 16 heteroatoms. The van der Waals surface area contributed by atoms with Crippen LogP contribution in [0.3, 0.4) is 0 Å². The molecule has 31 heavy (non-hydrogen) atoms. The highest BCUT2D eigenvalue weighted by atomic mass is 35.5. The van der Waals surface area contributed by atoms with E-state index in [1.54, 1.807) is 0 Å². The fraction of sp³-hybridized carbons (Fsp3) is 0.267. The van der Waals surface area contributed by atoms with E-state index in [-0.39, 0.29) is 41.3 Å². The van der Waals surface area contributed by atoms with Crippen molar-refractivity contribution in [1.29, 1.82) is 5.26 Å². The minimum absolute atomic E-state index is 0.113.